The maximum absolute atomic E-state index is 12.0. The Bertz CT molecular complexity index is 758. The highest BCUT2D eigenvalue weighted by Crippen LogP contribution is 2.21. The zero-order chi connectivity index (χ0) is 13.2. The molecule has 0 amide bonds. The Morgan fingerprint density at radius 1 is 1.26 bits per heavy atom. The lowest BCUT2D eigenvalue weighted by atomic mass is 10.1. The Hall–Kier alpha value is -2.40. The van der Waals surface area contributed by atoms with Gasteiger partial charge in [0.1, 0.15) is 0 Å². The van der Waals surface area contributed by atoms with Gasteiger partial charge in [0.05, 0.1) is 0 Å². The maximum atomic E-state index is 12.0. The maximum Gasteiger partial charge on any atom is 0.272 e. The molecule has 2 aromatic heterocycles. The smallest absolute Gasteiger partial charge is 0.272 e. The molecule has 3 aromatic rings. The van der Waals surface area contributed by atoms with E-state index in [0.717, 1.165) is 16.8 Å². The number of hydrogen-bond donors (Lipinski definition) is 2. The average Bonchev–Trinajstić information content (AvgIpc) is 2.84. The van der Waals surface area contributed by atoms with Gasteiger partial charge in [0.2, 0.25) is 0 Å². The zero-order valence-corrected chi connectivity index (χ0v) is 10.3. The van der Waals surface area contributed by atoms with Gasteiger partial charge in [0.25, 0.3) is 5.56 Å². The highest BCUT2D eigenvalue weighted by Gasteiger charge is 2.10. The molecule has 2 heterocycles. The van der Waals surface area contributed by atoms with Crippen molar-refractivity contribution in [3.63, 3.8) is 0 Å². The lowest BCUT2D eigenvalue weighted by molar-refractivity contribution is 0.857. The highest BCUT2D eigenvalue weighted by atomic mass is 16.1. The molecule has 3 rings (SSSR count). The van der Waals surface area contributed by atoms with E-state index in [-0.39, 0.29) is 5.56 Å². The van der Waals surface area contributed by atoms with Crippen LogP contribution < -0.4 is 11.3 Å². The molecule has 3 N–H and O–H groups in total. The van der Waals surface area contributed by atoms with E-state index in [1.807, 2.05) is 30.3 Å². The van der Waals surface area contributed by atoms with Gasteiger partial charge in [-0.2, -0.15) is 0 Å². The summed E-state index contributed by atoms with van der Waals surface area (Å²) < 4.78 is 1.45. The molecule has 0 aliphatic heterocycles. The van der Waals surface area contributed by atoms with Gasteiger partial charge in [-0.05, 0) is 12.1 Å². The topological polar surface area (TPSA) is 76.2 Å². The highest BCUT2D eigenvalue weighted by molar-refractivity contribution is 5.76. The van der Waals surface area contributed by atoms with E-state index in [9.17, 15) is 4.79 Å². The number of nitrogens with zero attached hydrogens (tertiary/aromatic N) is 2. The third-order valence-electron chi connectivity index (χ3n) is 3.04. The van der Waals surface area contributed by atoms with E-state index >= 15 is 0 Å². The van der Waals surface area contributed by atoms with E-state index in [1.54, 1.807) is 6.20 Å². The summed E-state index contributed by atoms with van der Waals surface area (Å²) in [5.41, 5.74) is 8.71. The minimum Gasteiger partial charge on any atom is -0.330 e. The number of aromatic nitrogens is 3. The van der Waals surface area contributed by atoms with Crippen LogP contribution in [0.3, 0.4) is 0 Å². The molecular weight excluding hydrogens is 240 g/mol. The predicted octanol–water partition coefficient (Wildman–Crippen LogP) is 1.19. The summed E-state index contributed by atoms with van der Waals surface area (Å²) in [4.78, 5) is 16.5. The van der Waals surface area contributed by atoms with Crippen LogP contribution in [0.1, 0.15) is 5.69 Å². The van der Waals surface area contributed by atoms with Crippen LogP contribution in [0, 0.1) is 0 Å². The van der Waals surface area contributed by atoms with Crippen LogP contribution >= 0.6 is 0 Å². The molecule has 0 aliphatic rings. The first kappa shape index (κ1) is 11.7. The van der Waals surface area contributed by atoms with Gasteiger partial charge in [-0.25, -0.2) is 9.50 Å². The fourth-order valence-electron chi connectivity index (χ4n) is 2.13. The molecule has 19 heavy (non-hydrogen) atoms. The van der Waals surface area contributed by atoms with E-state index < -0.39 is 0 Å². The van der Waals surface area contributed by atoms with Gasteiger partial charge in [-0.3, -0.25) is 9.89 Å². The van der Waals surface area contributed by atoms with Crippen molar-refractivity contribution >= 4 is 5.65 Å². The molecular formula is C14H14N4O. The van der Waals surface area contributed by atoms with Gasteiger partial charge < -0.3 is 5.73 Å². The van der Waals surface area contributed by atoms with Crippen molar-refractivity contribution in [3.05, 3.63) is 58.6 Å². The van der Waals surface area contributed by atoms with Gasteiger partial charge >= 0.3 is 0 Å². The molecule has 0 unspecified atom stereocenters. The number of fused-ring (bicyclic) bond motifs is 1. The van der Waals surface area contributed by atoms with Crippen molar-refractivity contribution in [1.82, 2.24) is 14.6 Å². The van der Waals surface area contributed by atoms with Crippen molar-refractivity contribution < 1.29 is 0 Å². The Morgan fingerprint density at radius 3 is 2.79 bits per heavy atom. The van der Waals surface area contributed by atoms with Crippen molar-refractivity contribution in [2.45, 2.75) is 6.42 Å². The van der Waals surface area contributed by atoms with Crippen molar-refractivity contribution in [2.24, 2.45) is 5.73 Å². The molecule has 0 atom stereocenters. The minimum absolute atomic E-state index is 0.115. The van der Waals surface area contributed by atoms with Gasteiger partial charge in [-0.1, -0.05) is 30.3 Å². The van der Waals surface area contributed by atoms with E-state index in [4.69, 9.17) is 5.73 Å². The number of H-pyrrole nitrogens is 1. The molecule has 0 fully saturated rings. The third kappa shape index (κ3) is 2.04. The fraction of sp³-hybridized carbons (Fsp3) is 0.143. The Labute approximate surface area is 109 Å². The standard InChI is InChI=1S/C14H14N4O/c15-7-6-11-8-13(19)18-14(17-11)12(9-16-18)10-4-2-1-3-5-10/h1-5,8-9,16H,6-7,15H2. The summed E-state index contributed by atoms with van der Waals surface area (Å²) in [6, 6.07) is 11.4. The lowest BCUT2D eigenvalue weighted by Crippen LogP contribution is -2.17. The van der Waals surface area contributed by atoms with Crippen LogP contribution in [0.2, 0.25) is 0 Å². The van der Waals surface area contributed by atoms with Crippen LogP contribution in [0.15, 0.2) is 47.4 Å². The second kappa shape index (κ2) is 4.70. The number of nitrogens with two attached hydrogens (primary N) is 1. The largest absolute Gasteiger partial charge is 0.330 e. The predicted molar refractivity (Wildman–Crippen MR) is 74.0 cm³/mol. The summed E-state index contributed by atoms with van der Waals surface area (Å²) >= 11 is 0. The zero-order valence-electron chi connectivity index (χ0n) is 10.3. The van der Waals surface area contributed by atoms with Crippen molar-refractivity contribution in [1.29, 1.82) is 0 Å². The first-order valence-electron chi connectivity index (χ1n) is 6.15. The molecule has 1 aromatic carbocycles. The van der Waals surface area contributed by atoms with E-state index in [2.05, 4.69) is 10.1 Å². The molecule has 5 heteroatoms. The first-order valence-corrected chi connectivity index (χ1v) is 6.15. The summed E-state index contributed by atoms with van der Waals surface area (Å²) in [5, 5.41) is 2.93. The fourth-order valence-corrected chi connectivity index (χ4v) is 2.13. The molecule has 0 spiro atoms. The van der Waals surface area contributed by atoms with E-state index in [1.165, 1.54) is 10.6 Å². The summed E-state index contributed by atoms with van der Waals surface area (Å²) in [7, 11) is 0. The molecule has 5 nitrogen and oxygen atoms in total. The summed E-state index contributed by atoms with van der Waals surface area (Å²) in [6.45, 7) is 0.480. The molecule has 0 bridgehead atoms. The monoisotopic (exact) mass is 254 g/mol. The number of benzene rings is 1. The Morgan fingerprint density at radius 2 is 2.05 bits per heavy atom. The Kier molecular flexibility index (Phi) is 2.89. The van der Waals surface area contributed by atoms with Gasteiger partial charge in [-0.15, -0.1) is 0 Å². The van der Waals surface area contributed by atoms with Crippen LogP contribution in [0.25, 0.3) is 16.8 Å². The normalized spacial score (nSPS) is 11.0. The molecule has 0 radical (unpaired) electrons. The first-order chi connectivity index (χ1) is 9.29. The third-order valence-corrected chi connectivity index (χ3v) is 3.04. The summed E-state index contributed by atoms with van der Waals surface area (Å²) in [5.74, 6) is 0. The number of nitrogens with one attached hydrogen (secondary N) is 1. The van der Waals surface area contributed by atoms with Crippen LogP contribution in [0.5, 0.6) is 0 Å². The quantitative estimate of drug-likeness (QED) is 0.737. The van der Waals surface area contributed by atoms with E-state index in [0.29, 0.717) is 18.6 Å². The van der Waals surface area contributed by atoms with Crippen LogP contribution in [-0.4, -0.2) is 21.1 Å². The Balaban J connectivity index is 2.24. The number of rotatable bonds is 3. The number of aromatic amines is 1. The van der Waals surface area contributed by atoms with Crippen LogP contribution in [0.4, 0.5) is 0 Å². The SMILES string of the molecule is NCCc1cc(=O)n2[nH]cc(-c3ccccc3)c2n1. The molecule has 0 aliphatic carbocycles. The second-order valence-electron chi connectivity index (χ2n) is 4.34. The molecule has 0 saturated heterocycles. The van der Waals surface area contributed by atoms with Crippen LogP contribution in [-0.2, 0) is 6.42 Å². The van der Waals surface area contributed by atoms with Crippen molar-refractivity contribution in [2.75, 3.05) is 6.54 Å². The minimum atomic E-state index is -0.115. The van der Waals surface area contributed by atoms with Crippen molar-refractivity contribution in [3.8, 4) is 11.1 Å². The summed E-state index contributed by atoms with van der Waals surface area (Å²) in [6.07, 6.45) is 2.40. The number of hydrogen-bond acceptors (Lipinski definition) is 3. The second-order valence-corrected chi connectivity index (χ2v) is 4.34. The lowest BCUT2D eigenvalue weighted by Gasteiger charge is -2.01. The molecule has 0 saturated carbocycles. The van der Waals surface area contributed by atoms with Gasteiger partial charge in [0.15, 0.2) is 5.65 Å². The average molecular weight is 254 g/mol. The van der Waals surface area contributed by atoms with Gasteiger partial charge in [0, 0.05) is 29.9 Å². The molecule has 96 valence electrons.